The summed E-state index contributed by atoms with van der Waals surface area (Å²) in [5, 5.41) is 2.91. The van der Waals surface area contributed by atoms with E-state index in [-0.39, 0.29) is 10.8 Å². The average molecular weight is 413 g/mol. The summed E-state index contributed by atoms with van der Waals surface area (Å²) in [4.78, 5) is 12.6. The number of hydrogen-bond acceptors (Lipinski definition) is 3. The van der Waals surface area contributed by atoms with Gasteiger partial charge in [0.25, 0.3) is 15.9 Å². The Morgan fingerprint density at radius 1 is 1.03 bits per heavy atom. The monoisotopic (exact) mass is 412 g/mol. The minimum Gasteiger partial charge on any atom is -0.352 e. The Kier molecular flexibility index (Phi) is 6.75. The summed E-state index contributed by atoms with van der Waals surface area (Å²) in [5.74, 6) is -0.256. The minimum absolute atomic E-state index is 0.112. The second-order valence-electron chi connectivity index (χ2n) is 7.57. The van der Waals surface area contributed by atoms with Gasteiger partial charge < -0.3 is 5.32 Å². The highest BCUT2D eigenvalue weighted by Gasteiger charge is 2.19. The lowest BCUT2D eigenvalue weighted by molar-refractivity contribution is 0.0954. The van der Waals surface area contributed by atoms with Gasteiger partial charge in [-0.1, -0.05) is 35.4 Å². The molecular weight excluding hydrogens is 384 g/mol. The molecule has 0 saturated heterocycles. The molecule has 5 nitrogen and oxygen atoms in total. The van der Waals surface area contributed by atoms with Gasteiger partial charge in [0.1, 0.15) is 0 Å². The van der Waals surface area contributed by atoms with Crippen molar-refractivity contribution in [2.75, 3.05) is 11.3 Å². The molecule has 0 aromatic heterocycles. The van der Waals surface area contributed by atoms with Gasteiger partial charge in [-0.25, -0.2) is 8.42 Å². The van der Waals surface area contributed by atoms with Gasteiger partial charge in [-0.05, 0) is 75.8 Å². The first-order chi connectivity index (χ1) is 13.8. The molecule has 2 aromatic carbocycles. The maximum Gasteiger partial charge on any atom is 0.262 e. The zero-order valence-electron chi connectivity index (χ0n) is 17.0. The van der Waals surface area contributed by atoms with Gasteiger partial charge in [0.15, 0.2) is 0 Å². The number of anilines is 1. The van der Waals surface area contributed by atoms with Crippen molar-refractivity contribution in [3.63, 3.8) is 0 Å². The van der Waals surface area contributed by atoms with Crippen LogP contribution in [0.1, 0.15) is 53.6 Å². The van der Waals surface area contributed by atoms with Crippen LogP contribution in [0.4, 0.5) is 5.69 Å². The first-order valence-electron chi connectivity index (χ1n) is 10.0. The molecule has 0 radical (unpaired) electrons. The van der Waals surface area contributed by atoms with Crippen LogP contribution in [0, 0.1) is 13.8 Å². The Hall–Kier alpha value is -2.60. The summed E-state index contributed by atoms with van der Waals surface area (Å²) >= 11 is 0. The van der Waals surface area contributed by atoms with E-state index in [1.54, 1.807) is 31.2 Å². The Bertz CT molecular complexity index is 1010. The molecule has 0 fully saturated rings. The van der Waals surface area contributed by atoms with Crippen LogP contribution in [0.3, 0.4) is 0 Å². The molecule has 0 atom stereocenters. The highest BCUT2D eigenvalue weighted by molar-refractivity contribution is 7.92. The first-order valence-corrected chi connectivity index (χ1v) is 11.5. The molecule has 3 rings (SSSR count). The second-order valence-corrected chi connectivity index (χ2v) is 9.22. The first kappa shape index (κ1) is 21.1. The standard InChI is InChI=1S/C23H28N2O3S/c1-17-8-12-21(13-9-17)25-29(27,28)22-16-20(11-10-18(22)2)23(26)24-15-14-19-6-4-3-5-7-19/h6,8-13,16,25H,3-5,7,14-15H2,1-2H3,(H,24,26). The number of sulfonamides is 1. The number of amides is 1. The fraction of sp³-hybridized carbons (Fsp3) is 0.348. The molecule has 0 spiro atoms. The molecule has 0 unspecified atom stereocenters. The molecule has 1 amide bonds. The van der Waals surface area contributed by atoms with Crippen LogP contribution in [0.15, 0.2) is 59.0 Å². The van der Waals surface area contributed by atoms with Crippen LogP contribution in [0.25, 0.3) is 0 Å². The van der Waals surface area contributed by atoms with Crippen LogP contribution in [0.5, 0.6) is 0 Å². The van der Waals surface area contributed by atoms with Gasteiger partial charge in [0.2, 0.25) is 0 Å². The normalized spacial score (nSPS) is 14.2. The molecule has 2 aromatic rings. The zero-order valence-corrected chi connectivity index (χ0v) is 17.8. The number of rotatable bonds is 7. The van der Waals surface area contributed by atoms with Crippen LogP contribution >= 0.6 is 0 Å². The molecule has 0 aliphatic heterocycles. The Labute approximate surface area is 173 Å². The Morgan fingerprint density at radius 2 is 1.79 bits per heavy atom. The lowest BCUT2D eigenvalue weighted by atomic mass is 9.97. The molecule has 29 heavy (non-hydrogen) atoms. The molecule has 6 heteroatoms. The number of aryl methyl sites for hydroxylation is 2. The topological polar surface area (TPSA) is 75.3 Å². The summed E-state index contributed by atoms with van der Waals surface area (Å²) in [5.41, 5.74) is 3.87. The largest absolute Gasteiger partial charge is 0.352 e. The third-order valence-electron chi connectivity index (χ3n) is 5.16. The third-order valence-corrected chi connectivity index (χ3v) is 6.68. The van der Waals surface area contributed by atoms with Gasteiger partial charge in [-0.15, -0.1) is 0 Å². The predicted molar refractivity (Wildman–Crippen MR) is 117 cm³/mol. The average Bonchev–Trinajstić information content (AvgIpc) is 2.70. The maximum absolute atomic E-state index is 12.9. The molecule has 0 heterocycles. The van der Waals surface area contributed by atoms with Gasteiger partial charge in [-0.3, -0.25) is 9.52 Å². The SMILES string of the molecule is Cc1ccc(NS(=O)(=O)c2cc(C(=O)NCCC3=CCCCC3)ccc2C)cc1. The maximum atomic E-state index is 12.9. The fourth-order valence-corrected chi connectivity index (χ4v) is 4.76. The molecule has 154 valence electrons. The lowest BCUT2D eigenvalue weighted by Crippen LogP contribution is -2.25. The van der Waals surface area contributed by atoms with Crippen molar-refractivity contribution in [3.8, 4) is 0 Å². The smallest absolute Gasteiger partial charge is 0.262 e. The van der Waals surface area contributed by atoms with Crippen molar-refractivity contribution in [1.29, 1.82) is 0 Å². The van der Waals surface area contributed by atoms with Crippen molar-refractivity contribution in [2.45, 2.75) is 50.8 Å². The number of nitrogens with one attached hydrogen (secondary N) is 2. The highest BCUT2D eigenvalue weighted by atomic mass is 32.2. The van der Waals surface area contributed by atoms with Crippen molar-refractivity contribution in [2.24, 2.45) is 0 Å². The van der Waals surface area contributed by atoms with E-state index in [0.29, 0.717) is 23.4 Å². The van der Waals surface area contributed by atoms with E-state index in [4.69, 9.17) is 0 Å². The van der Waals surface area contributed by atoms with E-state index >= 15 is 0 Å². The number of carbonyl (C=O) groups excluding carboxylic acids is 1. The molecule has 0 bridgehead atoms. The second kappa shape index (κ2) is 9.27. The van der Waals surface area contributed by atoms with E-state index in [1.165, 1.54) is 24.5 Å². The molecule has 1 aliphatic carbocycles. The van der Waals surface area contributed by atoms with Crippen molar-refractivity contribution in [3.05, 3.63) is 70.8 Å². The van der Waals surface area contributed by atoms with Gasteiger partial charge in [-0.2, -0.15) is 0 Å². The van der Waals surface area contributed by atoms with Crippen molar-refractivity contribution < 1.29 is 13.2 Å². The highest BCUT2D eigenvalue weighted by Crippen LogP contribution is 2.22. The molecular formula is C23H28N2O3S. The van der Waals surface area contributed by atoms with Gasteiger partial charge >= 0.3 is 0 Å². The predicted octanol–water partition coefficient (Wildman–Crippen LogP) is 4.72. The van der Waals surface area contributed by atoms with Gasteiger partial charge in [0.05, 0.1) is 4.90 Å². The molecule has 2 N–H and O–H groups in total. The Morgan fingerprint density at radius 3 is 2.48 bits per heavy atom. The van der Waals surface area contributed by atoms with Gasteiger partial charge in [0, 0.05) is 17.8 Å². The van der Waals surface area contributed by atoms with Crippen molar-refractivity contribution >= 4 is 21.6 Å². The van der Waals surface area contributed by atoms with E-state index in [1.807, 2.05) is 19.1 Å². The van der Waals surface area contributed by atoms with E-state index in [0.717, 1.165) is 24.8 Å². The van der Waals surface area contributed by atoms with E-state index in [9.17, 15) is 13.2 Å². The summed E-state index contributed by atoms with van der Waals surface area (Å²) in [7, 11) is -3.79. The number of carbonyl (C=O) groups is 1. The number of benzene rings is 2. The van der Waals surface area contributed by atoms with E-state index in [2.05, 4.69) is 16.1 Å². The summed E-state index contributed by atoms with van der Waals surface area (Å²) in [6.45, 7) is 4.22. The van der Waals surface area contributed by atoms with Crippen molar-refractivity contribution in [1.82, 2.24) is 5.32 Å². The number of hydrogen-bond donors (Lipinski definition) is 2. The zero-order chi connectivity index (χ0) is 20.9. The molecule has 0 saturated carbocycles. The van der Waals surface area contributed by atoms with Crippen LogP contribution in [0.2, 0.25) is 0 Å². The van der Waals surface area contributed by atoms with E-state index < -0.39 is 10.0 Å². The summed E-state index contributed by atoms with van der Waals surface area (Å²) in [6.07, 6.45) is 7.80. The summed E-state index contributed by atoms with van der Waals surface area (Å²) < 4.78 is 28.3. The minimum atomic E-state index is -3.79. The van der Waals surface area contributed by atoms with Crippen LogP contribution in [-0.2, 0) is 10.0 Å². The lowest BCUT2D eigenvalue weighted by Gasteiger charge is -2.14. The quantitative estimate of drug-likeness (QED) is 0.646. The summed E-state index contributed by atoms with van der Waals surface area (Å²) in [6, 6.07) is 11.9. The number of allylic oxidation sites excluding steroid dienone is 1. The Balaban J connectivity index is 1.70. The third kappa shape index (κ3) is 5.70. The fourth-order valence-electron chi connectivity index (χ4n) is 3.43. The molecule has 1 aliphatic rings. The van der Waals surface area contributed by atoms with Crippen LogP contribution in [-0.4, -0.2) is 20.9 Å². The van der Waals surface area contributed by atoms with Crippen LogP contribution < -0.4 is 10.0 Å².